The van der Waals surface area contributed by atoms with E-state index >= 15 is 0 Å². The zero-order chi connectivity index (χ0) is 9.68. The Labute approximate surface area is 88.7 Å². The first-order valence-electron chi connectivity index (χ1n) is 4.21. The summed E-state index contributed by atoms with van der Waals surface area (Å²) in [5, 5.41) is 0. The van der Waals surface area contributed by atoms with E-state index in [4.69, 9.17) is 4.74 Å². The number of rotatable bonds is 4. The van der Waals surface area contributed by atoms with E-state index in [-0.39, 0.29) is 0 Å². The monoisotopic (exact) mass is 214 g/mol. The minimum absolute atomic E-state index is 0.722. The molecule has 0 amide bonds. The minimum atomic E-state index is 0.722. The number of ether oxygens (including phenoxy) is 1. The van der Waals surface area contributed by atoms with Crippen molar-refractivity contribution in [3.8, 4) is 5.75 Å². The molecule has 1 aromatic rings. The molecule has 0 aliphatic carbocycles. The topological polar surface area (TPSA) is 9.23 Å². The van der Waals surface area contributed by atoms with Crippen molar-refractivity contribution in [2.75, 3.05) is 12.4 Å². The first kappa shape index (κ1) is 10.8. The predicted octanol–water partition coefficient (Wildman–Crippen LogP) is 3.26. The number of benzene rings is 1. The van der Waals surface area contributed by atoms with Crippen LogP contribution in [0.25, 0.3) is 0 Å². The molecule has 1 nitrogen and oxygen atoms in total. The largest absolute Gasteiger partial charge is 0.492 e. The van der Waals surface area contributed by atoms with Crippen molar-refractivity contribution in [3.05, 3.63) is 29.3 Å². The van der Waals surface area contributed by atoms with Gasteiger partial charge in [0.25, 0.3) is 0 Å². The predicted molar refractivity (Wildman–Crippen MR) is 62.9 cm³/mol. The average Bonchev–Trinajstić information content (AvgIpc) is 2.10. The maximum atomic E-state index is 5.64. The summed E-state index contributed by atoms with van der Waals surface area (Å²) in [6.45, 7) is 4.85. The normalized spacial score (nSPS) is 10.1. The van der Waals surface area contributed by atoms with Crippen LogP contribution in [0.4, 0.5) is 0 Å². The van der Waals surface area contributed by atoms with Gasteiger partial charge in [-0.25, -0.2) is 0 Å². The van der Waals surface area contributed by atoms with Crippen molar-refractivity contribution in [2.45, 2.75) is 13.8 Å². The first-order valence-corrected chi connectivity index (χ1v) is 6.25. The van der Waals surface area contributed by atoms with Crippen LogP contribution in [0, 0.1) is 13.8 Å². The lowest BCUT2D eigenvalue weighted by atomic mass is 10.1. The second kappa shape index (κ2) is 5.45. The van der Waals surface area contributed by atoms with Crippen molar-refractivity contribution in [3.63, 3.8) is 0 Å². The van der Waals surface area contributed by atoms with Crippen LogP contribution >= 0.6 is 22.5 Å². The van der Waals surface area contributed by atoms with Gasteiger partial charge in [-0.15, -0.1) is 11.7 Å². The molecule has 3 heteroatoms. The zero-order valence-corrected chi connectivity index (χ0v) is 9.62. The lowest BCUT2D eigenvalue weighted by Crippen LogP contribution is -2.01. The summed E-state index contributed by atoms with van der Waals surface area (Å²) in [6, 6.07) is 6.18. The van der Waals surface area contributed by atoms with Gasteiger partial charge in [0, 0.05) is 5.75 Å². The highest BCUT2D eigenvalue weighted by atomic mass is 33.1. The van der Waals surface area contributed by atoms with E-state index in [1.54, 1.807) is 0 Å². The molecular weight excluding hydrogens is 200 g/mol. The fraction of sp³-hybridized carbons (Fsp3) is 0.400. The Hall–Kier alpha value is -0.280. The van der Waals surface area contributed by atoms with Crippen LogP contribution in [0.15, 0.2) is 18.2 Å². The maximum absolute atomic E-state index is 5.64. The lowest BCUT2D eigenvalue weighted by Gasteiger charge is -2.10. The molecule has 1 rings (SSSR count). The summed E-state index contributed by atoms with van der Waals surface area (Å²) in [5.74, 6) is 1.93. The molecule has 0 aliphatic heterocycles. The minimum Gasteiger partial charge on any atom is -0.492 e. The van der Waals surface area contributed by atoms with Crippen molar-refractivity contribution >= 4 is 22.5 Å². The fourth-order valence-corrected chi connectivity index (χ4v) is 1.59. The van der Waals surface area contributed by atoms with Crippen LogP contribution in [-0.4, -0.2) is 12.4 Å². The third kappa shape index (κ3) is 3.16. The number of para-hydroxylation sites is 1. The van der Waals surface area contributed by atoms with Gasteiger partial charge in [-0.2, -0.15) is 0 Å². The van der Waals surface area contributed by atoms with Gasteiger partial charge in [0.05, 0.1) is 6.61 Å². The summed E-state index contributed by atoms with van der Waals surface area (Å²) in [4.78, 5) is 0. The Balaban J connectivity index is 2.64. The Kier molecular flexibility index (Phi) is 4.53. The molecule has 0 N–H and O–H groups in total. The van der Waals surface area contributed by atoms with Gasteiger partial charge >= 0.3 is 0 Å². The molecule has 0 spiro atoms. The van der Waals surface area contributed by atoms with Gasteiger partial charge in [0.2, 0.25) is 0 Å². The van der Waals surface area contributed by atoms with Crippen LogP contribution in [0.5, 0.6) is 5.75 Å². The zero-order valence-electron chi connectivity index (χ0n) is 7.91. The number of hydrogen-bond acceptors (Lipinski definition) is 3. The van der Waals surface area contributed by atoms with E-state index in [0.717, 1.165) is 18.1 Å². The molecule has 72 valence electrons. The van der Waals surface area contributed by atoms with Crippen LogP contribution < -0.4 is 4.74 Å². The standard InChI is InChI=1S/C10H14OS2/c1-8-4-3-5-9(2)10(8)11-6-7-13-12/h3-5,12H,6-7H2,1-2H3. The number of aryl methyl sites for hydroxylation is 2. The lowest BCUT2D eigenvalue weighted by molar-refractivity contribution is 0.339. The molecule has 0 aliphatic rings. The van der Waals surface area contributed by atoms with Crippen LogP contribution in [0.1, 0.15) is 11.1 Å². The third-order valence-corrected chi connectivity index (χ3v) is 2.73. The SMILES string of the molecule is Cc1cccc(C)c1OCCSS. The van der Waals surface area contributed by atoms with E-state index in [2.05, 4.69) is 37.6 Å². The van der Waals surface area contributed by atoms with E-state index in [1.165, 1.54) is 21.9 Å². The Morgan fingerprint density at radius 3 is 2.46 bits per heavy atom. The third-order valence-electron chi connectivity index (χ3n) is 1.83. The molecule has 0 saturated heterocycles. The van der Waals surface area contributed by atoms with Crippen LogP contribution in [0.3, 0.4) is 0 Å². The maximum Gasteiger partial charge on any atom is 0.125 e. The second-order valence-corrected chi connectivity index (χ2v) is 4.34. The van der Waals surface area contributed by atoms with Gasteiger partial charge in [0.1, 0.15) is 5.75 Å². The van der Waals surface area contributed by atoms with Gasteiger partial charge in [-0.1, -0.05) is 29.0 Å². The number of hydrogen-bond donors (Lipinski definition) is 1. The molecule has 0 unspecified atom stereocenters. The molecule has 0 atom stereocenters. The second-order valence-electron chi connectivity index (χ2n) is 2.90. The van der Waals surface area contributed by atoms with Gasteiger partial charge in [0.15, 0.2) is 0 Å². The molecule has 0 fully saturated rings. The van der Waals surface area contributed by atoms with Crippen molar-refractivity contribution in [1.82, 2.24) is 0 Å². The smallest absolute Gasteiger partial charge is 0.125 e. The average molecular weight is 214 g/mol. The molecule has 0 heterocycles. The highest BCUT2D eigenvalue weighted by Crippen LogP contribution is 2.22. The molecule has 0 radical (unpaired) electrons. The van der Waals surface area contributed by atoms with Crippen LogP contribution in [-0.2, 0) is 0 Å². The van der Waals surface area contributed by atoms with Crippen molar-refractivity contribution in [1.29, 1.82) is 0 Å². The quantitative estimate of drug-likeness (QED) is 0.468. The number of thiol groups is 1. The molecule has 1 aromatic carbocycles. The van der Waals surface area contributed by atoms with E-state index in [9.17, 15) is 0 Å². The van der Waals surface area contributed by atoms with E-state index in [0.29, 0.717) is 0 Å². The summed E-state index contributed by atoms with van der Waals surface area (Å²) >= 11 is 4.06. The van der Waals surface area contributed by atoms with E-state index < -0.39 is 0 Å². The molecule has 0 aromatic heterocycles. The van der Waals surface area contributed by atoms with Crippen LogP contribution in [0.2, 0.25) is 0 Å². The molecule has 0 bridgehead atoms. The van der Waals surface area contributed by atoms with Crippen molar-refractivity contribution < 1.29 is 4.74 Å². The highest BCUT2D eigenvalue weighted by Gasteiger charge is 2.01. The molecule has 13 heavy (non-hydrogen) atoms. The Bertz CT molecular complexity index is 253. The van der Waals surface area contributed by atoms with Gasteiger partial charge < -0.3 is 4.74 Å². The first-order chi connectivity index (χ1) is 6.25. The van der Waals surface area contributed by atoms with Gasteiger partial charge in [-0.3, -0.25) is 0 Å². The summed E-state index contributed by atoms with van der Waals surface area (Å²) in [6.07, 6.45) is 0. The van der Waals surface area contributed by atoms with E-state index in [1.807, 2.05) is 6.07 Å². The fourth-order valence-electron chi connectivity index (χ4n) is 1.21. The van der Waals surface area contributed by atoms with Crippen molar-refractivity contribution in [2.24, 2.45) is 0 Å². The summed E-state index contributed by atoms with van der Waals surface area (Å²) in [7, 11) is 1.50. The summed E-state index contributed by atoms with van der Waals surface area (Å²) in [5.41, 5.74) is 2.40. The highest BCUT2D eigenvalue weighted by molar-refractivity contribution is 8.68. The Morgan fingerprint density at radius 2 is 1.92 bits per heavy atom. The van der Waals surface area contributed by atoms with Gasteiger partial charge in [-0.05, 0) is 25.0 Å². The molecular formula is C10H14OS2. The Morgan fingerprint density at radius 1 is 1.31 bits per heavy atom. The summed E-state index contributed by atoms with van der Waals surface area (Å²) < 4.78 is 5.64. The molecule has 0 saturated carbocycles.